The van der Waals surface area contributed by atoms with Crippen molar-refractivity contribution in [2.24, 2.45) is 5.41 Å². The zero-order valence-corrected chi connectivity index (χ0v) is 11.6. The van der Waals surface area contributed by atoms with Gasteiger partial charge in [-0.1, -0.05) is 37.0 Å². The maximum absolute atomic E-state index is 9.69. The van der Waals surface area contributed by atoms with Gasteiger partial charge in [0.2, 0.25) is 0 Å². The number of hydrogen-bond donors (Lipinski definition) is 2. The van der Waals surface area contributed by atoms with Crippen molar-refractivity contribution in [1.29, 1.82) is 0 Å². The van der Waals surface area contributed by atoms with Gasteiger partial charge < -0.3 is 10.4 Å². The molecule has 0 unspecified atom stereocenters. The van der Waals surface area contributed by atoms with Crippen LogP contribution < -0.4 is 5.32 Å². The molecule has 100 valence electrons. The van der Waals surface area contributed by atoms with E-state index >= 15 is 0 Å². The first-order chi connectivity index (χ1) is 8.65. The molecule has 18 heavy (non-hydrogen) atoms. The van der Waals surface area contributed by atoms with Crippen molar-refractivity contribution in [2.75, 3.05) is 18.5 Å². The molecule has 1 aliphatic carbocycles. The second-order valence-electron chi connectivity index (χ2n) is 5.89. The third-order valence-electron chi connectivity index (χ3n) is 4.29. The number of nitrogens with one attached hydrogen (secondary N) is 1. The van der Waals surface area contributed by atoms with Crippen LogP contribution in [0, 0.1) is 19.3 Å². The number of aliphatic hydroxyl groups is 1. The van der Waals surface area contributed by atoms with E-state index in [2.05, 4.69) is 37.4 Å². The lowest BCUT2D eigenvalue weighted by molar-refractivity contribution is 0.0944. The lowest BCUT2D eigenvalue weighted by Crippen LogP contribution is -2.35. The Morgan fingerprint density at radius 2 is 1.89 bits per heavy atom. The van der Waals surface area contributed by atoms with Crippen LogP contribution in [0.15, 0.2) is 18.2 Å². The highest BCUT2D eigenvalue weighted by atomic mass is 16.3. The molecule has 1 aliphatic rings. The summed E-state index contributed by atoms with van der Waals surface area (Å²) in [6.07, 6.45) is 6.15. The van der Waals surface area contributed by atoms with Gasteiger partial charge in [0.05, 0.1) is 6.61 Å². The Kier molecular flexibility index (Phi) is 4.28. The van der Waals surface area contributed by atoms with Crippen molar-refractivity contribution in [3.05, 3.63) is 29.3 Å². The molecule has 2 N–H and O–H groups in total. The zero-order valence-electron chi connectivity index (χ0n) is 11.6. The van der Waals surface area contributed by atoms with Gasteiger partial charge in [0.1, 0.15) is 0 Å². The van der Waals surface area contributed by atoms with Crippen LogP contribution >= 0.6 is 0 Å². The first kappa shape index (κ1) is 13.4. The van der Waals surface area contributed by atoms with Crippen LogP contribution in [-0.2, 0) is 0 Å². The molecule has 0 aromatic heterocycles. The fourth-order valence-corrected chi connectivity index (χ4v) is 2.99. The van der Waals surface area contributed by atoms with E-state index < -0.39 is 0 Å². The summed E-state index contributed by atoms with van der Waals surface area (Å²) in [5.41, 5.74) is 3.90. The van der Waals surface area contributed by atoms with Gasteiger partial charge in [-0.15, -0.1) is 0 Å². The molecule has 1 aromatic carbocycles. The summed E-state index contributed by atoms with van der Waals surface area (Å²) in [5.74, 6) is 0. The average molecular weight is 247 g/mol. The number of aliphatic hydroxyl groups excluding tert-OH is 1. The molecule has 2 rings (SSSR count). The number of aryl methyl sites for hydroxylation is 2. The van der Waals surface area contributed by atoms with Crippen LogP contribution in [-0.4, -0.2) is 18.3 Å². The summed E-state index contributed by atoms with van der Waals surface area (Å²) in [6.45, 7) is 5.47. The minimum Gasteiger partial charge on any atom is -0.396 e. The highest BCUT2D eigenvalue weighted by Crippen LogP contribution is 2.36. The van der Waals surface area contributed by atoms with E-state index in [1.54, 1.807) is 0 Å². The van der Waals surface area contributed by atoms with Crippen LogP contribution in [0.3, 0.4) is 0 Å². The Bertz CT molecular complexity index is 394. The topological polar surface area (TPSA) is 32.3 Å². The molecule has 1 fully saturated rings. The van der Waals surface area contributed by atoms with Crippen molar-refractivity contribution in [1.82, 2.24) is 0 Å². The van der Waals surface area contributed by atoms with E-state index in [1.807, 2.05) is 0 Å². The quantitative estimate of drug-likeness (QED) is 0.851. The summed E-state index contributed by atoms with van der Waals surface area (Å²) in [7, 11) is 0. The van der Waals surface area contributed by atoms with Crippen LogP contribution in [0.25, 0.3) is 0 Å². The van der Waals surface area contributed by atoms with Crippen molar-refractivity contribution in [3.8, 4) is 0 Å². The summed E-state index contributed by atoms with van der Waals surface area (Å²) in [4.78, 5) is 0. The van der Waals surface area contributed by atoms with E-state index in [9.17, 15) is 5.11 Å². The average Bonchev–Trinajstić information content (AvgIpc) is 2.39. The predicted molar refractivity (Wildman–Crippen MR) is 77.0 cm³/mol. The van der Waals surface area contributed by atoms with E-state index in [1.165, 1.54) is 36.1 Å². The number of rotatable bonds is 4. The molecule has 1 aromatic rings. The highest BCUT2D eigenvalue weighted by Gasteiger charge is 2.31. The Labute approximate surface area is 110 Å². The molecular weight excluding hydrogens is 222 g/mol. The monoisotopic (exact) mass is 247 g/mol. The standard InChI is InChI=1S/C16H25NO/c1-13-6-7-15(14(2)10-13)17-11-16(12-18)8-4-3-5-9-16/h6-7,10,17-18H,3-5,8-9,11-12H2,1-2H3. The van der Waals surface area contributed by atoms with Crippen molar-refractivity contribution in [3.63, 3.8) is 0 Å². The SMILES string of the molecule is Cc1ccc(NCC2(CO)CCCCC2)c(C)c1. The molecule has 2 nitrogen and oxygen atoms in total. The van der Waals surface area contributed by atoms with Gasteiger partial charge in [0.15, 0.2) is 0 Å². The summed E-state index contributed by atoms with van der Waals surface area (Å²) >= 11 is 0. The third kappa shape index (κ3) is 3.05. The first-order valence-corrected chi connectivity index (χ1v) is 7.07. The Morgan fingerprint density at radius 3 is 2.50 bits per heavy atom. The smallest absolute Gasteiger partial charge is 0.0504 e. The van der Waals surface area contributed by atoms with Crippen molar-refractivity contribution in [2.45, 2.75) is 46.0 Å². The summed E-state index contributed by atoms with van der Waals surface area (Å²) in [6, 6.07) is 6.50. The van der Waals surface area contributed by atoms with E-state index in [0.717, 1.165) is 19.4 Å². The maximum Gasteiger partial charge on any atom is 0.0504 e. The second kappa shape index (κ2) is 5.75. The Morgan fingerprint density at radius 1 is 1.17 bits per heavy atom. The molecule has 0 bridgehead atoms. The normalized spacial score (nSPS) is 18.6. The first-order valence-electron chi connectivity index (χ1n) is 7.07. The van der Waals surface area contributed by atoms with Gasteiger partial charge in [-0.2, -0.15) is 0 Å². The van der Waals surface area contributed by atoms with Crippen molar-refractivity contribution < 1.29 is 5.11 Å². The maximum atomic E-state index is 9.69. The van der Waals surface area contributed by atoms with Crippen molar-refractivity contribution >= 4 is 5.69 Å². The molecule has 0 radical (unpaired) electrons. The van der Waals surface area contributed by atoms with E-state index in [-0.39, 0.29) is 5.41 Å². The molecule has 0 heterocycles. The minimum absolute atomic E-state index is 0.107. The van der Waals surface area contributed by atoms with Gasteiger partial charge in [-0.05, 0) is 38.3 Å². The Hall–Kier alpha value is -1.02. The van der Waals surface area contributed by atoms with Gasteiger partial charge >= 0.3 is 0 Å². The van der Waals surface area contributed by atoms with Crippen LogP contribution in [0.5, 0.6) is 0 Å². The largest absolute Gasteiger partial charge is 0.396 e. The highest BCUT2D eigenvalue weighted by molar-refractivity contribution is 5.52. The predicted octanol–water partition coefficient (Wildman–Crippen LogP) is 3.66. The second-order valence-corrected chi connectivity index (χ2v) is 5.89. The summed E-state index contributed by atoms with van der Waals surface area (Å²) in [5, 5.41) is 13.2. The fourth-order valence-electron chi connectivity index (χ4n) is 2.99. The summed E-state index contributed by atoms with van der Waals surface area (Å²) < 4.78 is 0. The molecule has 1 saturated carbocycles. The molecule has 0 atom stereocenters. The molecular formula is C16H25NO. The number of hydrogen-bond acceptors (Lipinski definition) is 2. The van der Waals surface area contributed by atoms with Gasteiger partial charge in [-0.3, -0.25) is 0 Å². The molecule has 0 saturated heterocycles. The lowest BCUT2D eigenvalue weighted by Gasteiger charge is -2.36. The fraction of sp³-hybridized carbons (Fsp3) is 0.625. The van der Waals surface area contributed by atoms with Crippen LogP contribution in [0.1, 0.15) is 43.2 Å². The lowest BCUT2D eigenvalue weighted by atomic mass is 9.74. The molecule has 0 amide bonds. The molecule has 2 heteroatoms. The molecule has 0 spiro atoms. The van der Waals surface area contributed by atoms with Crippen LogP contribution in [0.2, 0.25) is 0 Å². The molecule has 0 aliphatic heterocycles. The number of benzene rings is 1. The zero-order chi connectivity index (χ0) is 13.0. The van der Waals surface area contributed by atoms with Gasteiger partial charge in [0, 0.05) is 17.6 Å². The Balaban J connectivity index is 2.01. The van der Waals surface area contributed by atoms with Crippen LogP contribution in [0.4, 0.5) is 5.69 Å². The third-order valence-corrected chi connectivity index (χ3v) is 4.29. The van der Waals surface area contributed by atoms with E-state index in [4.69, 9.17) is 0 Å². The van der Waals surface area contributed by atoms with Gasteiger partial charge in [-0.25, -0.2) is 0 Å². The minimum atomic E-state index is 0.107. The van der Waals surface area contributed by atoms with Gasteiger partial charge in [0.25, 0.3) is 0 Å². The van der Waals surface area contributed by atoms with E-state index in [0.29, 0.717) is 6.61 Å². The number of anilines is 1.